The summed E-state index contributed by atoms with van der Waals surface area (Å²) < 4.78 is 19.7. The van der Waals surface area contributed by atoms with Gasteiger partial charge in [-0.3, -0.25) is 14.4 Å². The summed E-state index contributed by atoms with van der Waals surface area (Å²) in [6.07, 6.45) is -0.930. The molecule has 32 heavy (non-hydrogen) atoms. The predicted molar refractivity (Wildman–Crippen MR) is 129 cm³/mol. The summed E-state index contributed by atoms with van der Waals surface area (Å²) in [4.78, 5) is 13.2. The van der Waals surface area contributed by atoms with E-state index in [0.717, 1.165) is 0 Å². The van der Waals surface area contributed by atoms with Crippen LogP contribution in [-0.4, -0.2) is 30.1 Å². The van der Waals surface area contributed by atoms with E-state index >= 15 is 0 Å². The molecule has 5 nitrogen and oxygen atoms in total. The van der Waals surface area contributed by atoms with Crippen LogP contribution in [0.3, 0.4) is 0 Å². The van der Waals surface area contributed by atoms with Crippen molar-refractivity contribution in [2.45, 2.75) is 32.4 Å². The van der Waals surface area contributed by atoms with Crippen LogP contribution in [0.25, 0.3) is 0 Å². The highest BCUT2D eigenvalue weighted by Gasteiger charge is 2.36. The van der Waals surface area contributed by atoms with Gasteiger partial charge in [0.05, 0.1) is 12.7 Å². The normalized spacial score (nSPS) is 13.5. The largest absolute Gasteiger partial charge is 0.496 e. The third kappa shape index (κ3) is 5.36. The lowest BCUT2D eigenvalue weighted by Crippen LogP contribution is -2.46. The summed E-state index contributed by atoms with van der Waals surface area (Å²) in [5, 5.41) is 15.6. The molecule has 0 fully saturated rings. The number of rotatable bonds is 10. The Morgan fingerprint density at radius 1 is 0.906 bits per heavy atom. The van der Waals surface area contributed by atoms with E-state index in [1.807, 2.05) is 74.5 Å². The highest BCUT2D eigenvalue weighted by atomic mass is 31.2. The molecule has 0 aliphatic carbocycles. The number of para-hydroxylation sites is 1. The lowest BCUT2D eigenvalue weighted by molar-refractivity contribution is 0.0657. The number of hydrogen-bond donors (Lipinski definition) is 2. The molecule has 0 aromatic heterocycles. The van der Waals surface area contributed by atoms with Gasteiger partial charge in [0.15, 0.2) is 5.78 Å². The van der Waals surface area contributed by atoms with Gasteiger partial charge >= 0.3 is 0 Å². The molecular formula is C26H30NO4P. The van der Waals surface area contributed by atoms with Crippen LogP contribution in [0.4, 0.5) is 0 Å². The van der Waals surface area contributed by atoms with E-state index in [1.165, 1.54) is 7.11 Å². The maximum Gasteiger partial charge on any atom is 0.204 e. The molecule has 0 spiro atoms. The summed E-state index contributed by atoms with van der Waals surface area (Å²) in [7, 11) is -1.85. The minimum atomic E-state index is -3.33. The first kappa shape index (κ1) is 23.9. The first-order valence-electron chi connectivity index (χ1n) is 10.7. The number of Topliss-reactive ketones (excluding diaryl/α,β-unsaturated/α-hetero) is 1. The van der Waals surface area contributed by atoms with Crippen LogP contribution in [0.2, 0.25) is 0 Å². The van der Waals surface area contributed by atoms with Gasteiger partial charge in [0.1, 0.15) is 11.9 Å². The molecular weight excluding hydrogens is 421 g/mol. The SMILES string of the molecule is COc1ccccc1C(=O)[C@@H](O)[C@@H](CC(C)C)NP(=O)(c1ccccc1)c1ccccc1. The molecule has 2 N–H and O–H groups in total. The first-order chi connectivity index (χ1) is 15.4. The molecule has 0 saturated carbocycles. The minimum Gasteiger partial charge on any atom is -0.496 e. The van der Waals surface area contributed by atoms with Crippen molar-refractivity contribution in [1.29, 1.82) is 0 Å². The van der Waals surface area contributed by atoms with Crippen LogP contribution in [0.5, 0.6) is 5.75 Å². The van der Waals surface area contributed by atoms with Gasteiger partial charge in [0.2, 0.25) is 7.29 Å². The van der Waals surface area contributed by atoms with Crippen LogP contribution in [0.1, 0.15) is 30.6 Å². The Labute approximate surface area is 189 Å². The average Bonchev–Trinajstić information content (AvgIpc) is 2.83. The fraction of sp³-hybridized carbons (Fsp3) is 0.269. The van der Waals surface area contributed by atoms with E-state index in [1.54, 1.807) is 24.3 Å². The Bertz CT molecular complexity index is 1030. The van der Waals surface area contributed by atoms with Crippen molar-refractivity contribution in [1.82, 2.24) is 5.09 Å². The van der Waals surface area contributed by atoms with Gasteiger partial charge in [-0.15, -0.1) is 0 Å². The number of methoxy groups -OCH3 is 1. The van der Waals surface area contributed by atoms with Crippen molar-refractivity contribution in [3.63, 3.8) is 0 Å². The molecule has 0 aliphatic rings. The number of benzene rings is 3. The second-order valence-electron chi connectivity index (χ2n) is 8.15. The smallest absolute Gasteiger partial charge is 0.204 e. The van der Waals surface area contributed by atoms with E-state index < -0.39 is 25.2 Å². The number of hydrogen-bond acceptors (Lipinski definition) is 4. The summed E-state index contributed by atoms with van der Waals surface area (Å²) in [5.74, 6) is 0.0926. The van der Waals surface area contributed by atoms with Gasteiger partial charge in [-0.1, -0.05) is 62.4 Å². The second-order valence-corrected chi connectivity index (χ2v) is 10.7. The van der Waals surface area contributed by atoms with Gasteiger partial charge in [-0.25, -0.2) is 0 Å². The number of ether oxygens (including phenoxy) is 1. The zero-order valence-electron chi connectivity index (χ0n) is 18.6. The lowest BCUT2D eigenvalue weighted by Gasteiger charge is -2.30. The van der Waals surface area contributed by atoms with E-state index in [-0.39, 0.29) is 5.92 Å². The second kappa shape index (κ2) is 10.7. The zero-order chi connectivity index (χ0) is 23.1. The molecule has 3 aromatic carbocycles. The van der Waals surface area contributed by atoms with Crippen molar-refractivity contribution in [3.05, 3.63) is 90.5 Å². The lowest BCUT2D eigenvalue weighted by atomic mass is 9.94. The third-order valence-corrected chi connectivity index (χ3v) is 8.08. The molecule has 0 unspecified atom stereocenters. The van der Waals surface area contributed by atoms with Crippen molar-refractivity contribution < 1.29 is 19.2 Å². The van der Waals surface area contributed by atoms with Gasteiger partial charge in [0.25, 0.3) is 0 Å². The molecule has 6 heteroatoms. The number of carbonyl (C=O) groups is 1. The van der Waals surface area contributed by atoms with Crippen LogP contribution in [0, 0.1) is 5.92 Å². The maximum absolute atomic E-state index is 14.4. The molecule has 168 valence electrons. The standard InChI is InChI=1S/C26H30NO4P/c1-19(2)18-23(26(29)25(28)22-16-10-11-17-24(22)31-3)27-32(30,20-12-6-4-7-13-20)21-14-8-5-9-15-21/h4-17,19,23,26,29H,18H2,1-3H3,(H,27,30)/t23-,26+/m1/s1. The fourth-order valence-electron chi connectivity index (χ4n) is 3.76. The molecule has 2 atom stereocenters. The average molecular weight is 452 g/mol. The highest BCUT2D eigenvalue weighted by molar-refractivity contribution is 7.76. The number of ketones is 1. The monoisotopic (exact) mass is 451 g/mol. The van der Waals surface area contributed by atoms with E-state index in [9.17, 15) is 14.5 Å². The van der Waals surface area contributed by atoms with Crippen LogP contribution in [0.15, 0.2) is 84.9 Å². The summed E-state index contributed by atoms with van der Waals surface area (Å²) in [6.45, 7) is 4.01. The van der Waals surface area contributed by atoms with Crippen LogP contribution < -0.4 is 20.4 Å². The number of carbonyl (C=O) groups excluding carboxylic acids is 1. The molecule has 0 saturated heterocycles. The highest BCUT2D eigenvalue weighted by Crippen LogP contribution is 2.40. The van der Waals surface area contributed by atoms with Gasteiger partial charge < -0.3 is 9.84 Å². The number of nitrogens with one attached hydrogen (secondary N) is 1. The molecule has 3 rings (SSSR count). The third-order valence-electron chi connectivity index (χ3n) is 5.33. The van der Waals surface area contributed by atoms with E-state index in [4.69, 9.17) is 4.74 Å². The van der Waals surface area contributed by atoms with Gasteiger partial charge in [-0.05, 0) is 48.7 Å². The number of aliphatic hydroxyl groups excluding tert-OH is 1. The molecule has 0 aliphatic heterocycles. The summed E-state index contributed by atoms with van der Waals surface area (Å²) in [6, 6.07) is 24.4. The Balaban J connectivity index is 2.02. The zero-order valence-corrected chi connectivity index (χ0v) is 19.5. The Kier molecular flexibility index (Phi) is 8.03. The van der Waals surface area contributed by atoms with E-state index in [2.05, 4.69) is 5.09 Å². The van der Waals surface area contributed by atoms with E-state index in [0.29, 0.717) is 28.3 Å². The Hall–Kier alpha value is -2.72. The minimum absolute atomic E-state index is 0.160. The maximum atomic E-state index is 14.4. The molecule has 3 aromatic rings. The first-order valence-corrected chi connectivity index (χ1v) is 12.4. The van der Waals surface area contributed by atoms with Crippen molar-refractivity contribution in [2.75, 3.05) is 7.11 Å². The van der Waals surface area contributed by atoms with Crippen LogP contribution >= 0.6 is 7.29 Å². The number of aliphatic hydroxyl groups is 1. The molecule has 0 bridgehead atoms. The summed E-state index contributed by atoms with van der Waals surface area (Å²) in [5.41, 5.74) is 0.298. The fourth-order valence-corrected chi connectivity index (χ4v) is 6.25. The Morgan fingerprint density at radius 3 is 1.91 bits per heavy atom. The van der Waals surface area contributed by atoms with Crippen molar-refractivity contribution >= 4 is 23.7 Å². The van der Waals surface area contributed by atoms with Gasteiger partial charge in [0, 0.05) is 16.7 Å². The van der Waals surface area contributed by atoms with Crippen molar-refractivity contribution in [3.8, 4) is 5.75 Å². The molecule has 0 amide bonds. The van der Waals surface area contributed by atoms with Crippen molar-refractivity contribution in [2.24, 2.45) is 5.92 Å². The topological polar surface area (TPSA) is 75.6 Å². The quantitative estimate of drug-likeness (QED) is 0.357. The van der Waals surface area contributed by atoms with Gasteiger partial charge in [-0.2, -0.15) is 0 Å². The predicted octanol–water partition coefficient (Wildman–Crippen LogP) is 4.17. The Morgan fingerprint density at radius 2 is 1.41 bits per heavy atom. The summed E-state index contributed by atoms with van der Waals surface area (Å²) >= 11 is 0. The molecule has 0 radical (unpaired) electrons. The van der Waals surface area contributed by atoms with Crippen LogP contribution in [-0.2, 0) is 4.57 Å². The molecule has 0 heterocycles.